The van der Waals surface area contributed by atoms with Gasteiger partial charge in [-0.15, -0.1) is 0 Å². The molecule has 3 rings (SSSR count). The maximum absolute atomic E-state index is 12.5. The van der Waals surface area contributed by atoms with Crippen molar-refractivity contribution in [1.29, 1.82) is 0 Å². The largest absolute Gasteiger partial charge is 0.376 e. The average molecular weight is 344 g/mol. The summed E-state index contributed by atoms with van der Waals surface area (Å²) in [5.74, 6) is 1.04. The fourth-order valence-corrected chi connectivity index (χ4v) is 2.91. The van der Waals surface area contributed by atoms with E-state index in [4.69, 9.17) is 9.26 Å². The molecule has 1 fully saturated rings. The molecule has 0 radical (unpaired) electrons. The first-order chi connectivity index (χ1) is 12.2. The Bertz CT molecular complexity index is 689. The third-order valence-electron chi connectivity index (χ3n) is 4.31. The molecule has 134 valence electrons. The third-order valence-corrected chi connectivity index (χ3v) is 4.31. The molecule has 3 atom stereocenters. The van der Waals surface area contributed by atoms with E-state index in [-0.39, 0.29) is 18.2 Å². The molecule has 1 aliphatic rings. The van der Waals surface area contributed by atoms with Gasteiger partial charge in [-0.3, -0.25) is 0 Å². The number of ether oxygens (including phenoxy) is 1. The third kappa shape index (κ3) is 4.36. The van der Waals surface area contributed by atoms with Crippen LogP contribution in [0, 0.1) is 0 Å². The molecule has 0 aliphatic carbocycles. The van der Waals surface area contributed by atoms with Gasteiger partial charge in [0.1, 0.15) is 6.04 Å². The van der Waals surface area contributed by atoms with Crippen LogP contribution in [-0.4, -0.2) is 34.9 Å². The van der Waals surface area contributed by atoms with Crippen molar-refractivity contribution in [2.75, 3.05) is 6.61 Å². The molecule has 2 heterocycles. The quantitative estimate of drug-likeness (QED) is 0.841. The number of aromatic nitrogens is 2. The van der Waals surface area contributed by atoms with Crippen molar-refractivity contribution in [3.63, 3.8) is 0 Å². The number of nitrogens with one attached hydrogen (secondary N) is 2. The minimum atomic E-state index is -0.465. The SMILES string of the molecule is CCCc1nc([C@H](NC(=O)N[C@@H]2CCO[C@@H]2C)c2ccccc2)no1. The highest BCUT2D eigenvalue weighted by Gasteiger charge is 2.28. The van der Waals surface area contributed by atoms with E-state index in [1.807, 2.05) is 37.3 Å². The molecule has 1 aromatic carbocycles. The Balaban J connectivity index is 1.75. The first-order valence-electron chi connectivity index (χ1n) is 8.73. The lowest BCUT2D eigenvalue weighted by molar-refractivity contribution is 0.114. The van der Waals surface area contributed by atoms with Gasteiger partial charge >= 0.3 is 6.03 Å². The standard InChI is InChI=1S/C18H24N4O3/c1-3-7-15-20-17(22-25-15)16(13-8-5-4-6-9-13)21-18(23)19-14-10-11-24-12(14)2/h4-6,8-9,12,14,16H,3,7,10-11H2,1-2H3,(H2,19,21,23)/t12-,14-,16-/m1/s1. The first-order valence-corrected chi connectivity index (χ1v) is 8.73. The number of amides is 2. The van der Waals surface area contributed by atoms with Crippen LogP contribution in [0.4, 0.5) is 4.79 Å². The van der Waals surface area contributed by atoms with Crippen molar-refractivity contribution < 1.29 is 14.1 Å². The number of hydrogen-bond acceptors (Lipinski definition) is 5. The Hall–Kier alpha value is -2.41. The summed E-state index contributed by atoms with van der Waals surface area (Å²) >= 11 is 0. The predicted molar refractivity (Wildman–Crippen MR) is 92.1 cm³/mol. The molecule has 0 unspecified atom stereocenters. The molecule has 2 amide bonds. The smallest absolute Gasteiger partial charge is 0.315 e. The number of rotatable bonds is 6. The van der Waals surface area contributed by atoms with Crippen LogP contribution in [0.15, 0.2) is 34.9 Å². The van der Waals surface area contributed by atoms with Gasteiger partial charge in [-0.25, -0.2) is 4.79 Å². The summed E-state index contributed by atoms with van der Waals surface area (Å²) in [5, 5.41) is 9.99. The second-order valence-electron chi connectivity index (χ2n) is 6.23. The number of benzene rings is 1. The summed E-state index contributed by atoms with van der Waals surface area (Å²) in [7, 11) is 0. The van der Waals surface area contributed by atoms with Gasteiger partial charge in [-0.1, -0.05) is 42.4 Å². The summed E-state index contributed by atoms with van der Waals surface area (Å²) < 4.78 is 10.8. The molecule has 0 saturated carbocycles. The molecule has 1 aromatic heterocycles. The molecule has 7 nitrogen and oxygen atoms in total. The van der Waals surface area contributed by atoms with Crippen LogP contribution in [0.1, 0.15) is 50.0 Å². The predicted octanol–water partition coefficient (Wildman–Crippen LogP) is 2.59. The van der Waals surface area contributed by atoms with Crippen LogP contribution >= 0.6 is 0 Å². The Kier molecular flexibility index (Phi) is 5.65. The maximum Gasteiger partial charge on any atom is 0.315 e. The van der Waals surface area contributed by atoms with Gasteiger partial charge in [0, 0.05) is 13.0 Å². The minimum Gasteiger partial charge on any atom is -0.376 e. The molecular formula is C18H24N4O3. The van der Waals surface area contributed by atoms with Crippen molar-refractivity contribution in [1.82, 2.24) is 20.8 Å². The average Bonchev–Trinajstić information content (AvgIpc) is 3.23. The highest BCUT2D eigenvalue weighted by atomic mass is 16.5. The maximum atomic E-state index is 12.5. The summed E-state index contributed by atoms with van der Waals surface area (Å²) in [5.41, 5.74) is 0.900. The van der Waals surface area contributed by atoms with Crippen molar-refractivity contribution >= 4 is 6.03 Å². The van der Waals surface area contributed by atoms with Crippen LogP contribution in [-0.2, 0) is 11.2 Å². The van der Waals surface area contributed by atoms with Gasteiger partial charge in [0.2, 0.25) is 5.89 Å². The van der Waals surface area contributed by atoms with E-state index in [0.717, 1.165) is 24.8 Å². The molecule has 2 N–H and O–H groups in total. The monoisotopic (exact) mass is 344 g/mol. The Morgan fingerprint density at radius 3 is 2.84 bits per heavy atom. The van der Waals surface area contributed by atoms with Crippen LogP contribution in [0.5, 0.6) is 0 Å². The summed E-state index contributed by atoms with van der Waals surface area (Å²) in [4.78, 5) is 16.9. The van der Waals surface area contributed by atoms with E-state index < -0.39 is 6.04 Å². The zero-order chi connectivity index (χ0) is 17.6. The van der Waals surface area contributed by atoms with E-state index in [0.29, 0.717) is 18.3 Å². The van der Waals surface area contributed by atoms with Crippen LogP contribution in [0.2, 0.25) is 0 Å². The van der Waals surface area contributed by atoms with Gasteiger partial charge in [0.25, 0.3) is 0 Å². The lowest BCUT2D eigenvalue weighted by Gasteiger charge is -2.20. The fraction of sp³-hybridized carbons (Fsp3) is 0.500. The zero-order valence-corrected chi connectivity index (χ0v) is 14.6. The number of nitrogens with zero attached hydrogens (tertiary/aromatic N) is 2. The zero-order valence-electron chi connectivity index (χ0n) is 14.6. The van der Waals surface area contributed by atoms with Gasteiger partial charge in [-0.2, -0.15) is 4.98 Å². The first kappa shape index (κ1) is 17.4. The summed E-state index contributed by atoms with van der Waals surface area (Å²) in [6.07, 6.45) is 2.47. The topological polar surface area (TPSA) is 89.3 Å². The number of hydrogen-bond donors (Lipinski definition) is 2. The normalized spacial score (nSPS) is 21.0. The van der Waals surface area contributed by atoms with Crippen LogP contribution in [0.3, 0.4) is 0 Å². The van der Waals surface area contributed by atoms with Crippen molar-refractivity contribution in [3.8, 4) is 0 Å². The van der Waals surface area contributed by atoms with Crippen LogP contribution < -0.4 is 10.6 Å². The molecule has 1 saturated heterocycles. The van der Waals surface area contributed by atoms with Crippen molar-refractivity contribution in [3.05, 3.63) is 47.6 Å². The molecule has 1 aliphatic heterocycles. The Morgan fingerprint density at radius 1 is 1.36 bits per heavy atom. The van der Waals surface area contributed by atoms with E-state index in [2.05, 4.69) is 27.7 Å². The van der Waals surface area contributed by atoms with E-state index in [1.165, 1.54) is 0 Å². The van der Waals surface area contributed by atoms with E-state index >= 15 is 0 Å². The molecule has 0 bridgehead atoms. The Morgan fingerprint density at radius 2 is 2.16 bits per heavy atom. The molecule has 2 aromatic rings. The lowest BCUT2D eigenvalue weighted by atomic mass is 10.1. The summed E-state index contributed by atoms with van der Waals surface area (Å²) in [6, 6.07) is 8.91. The van der Waals surface area contributed by atoms with Gasteiger partial charge in [0.15, 0.2) is 5.82 Å². The molecule has 7 heteroatoms. The minimum absolute atomic E-state index is 0.0114. The number of urea groups is 1. The molecule has 25 heavy (non-hydrogen) atoms. The van der Waals surface area contributed by atoms with E-state index in [1.54, 1.807) is 0 Å². The molecular weight excluding hydrogens is 320 g/mol. The van der Waals surface area contributed by atoms with E-state index in [9.17, 15) is 4.79 Å². The van der Waals surface area contributed by atoms with Gasteiger partial charge < -0.3 is 19.9 Å². The second-order valence-corrected chi connectivity index (χ2v) is 6.23. The van der Waals surface area contributed by atoms with Gasteiger partial charge in [0.05, 0.1) is 12.1 Å². The molecule has 0 spiro atoms. The second kappa shape index (κ2) is 8.11. The van der Waals surface area contributed by atoms with Crippen molar-refractivity contribution in [2.45, 2.75) is 51.3 Å². The number of carbonyl (C=O) groups is 1. The van der Waals surface area contributed by atoms with Crippen LogP contribution in [0.25, 0.3) is 0 Å². The highest BCUT2D eigenvalue weighted by Crippen LogP contribution is 2.20. The Labute approximate surface area is 147 Å². The lowest BCUT2D eigenvalue weighted by Crippen LogP contribution is -2.46. The number of carbonyl (C=O) groups excluding carboxylic acids is 1. The number of aryl methyl sites for hydroxylation is 1. The fourth-order valence-electron chi connectivity index (χ4n) is 2.91. The summed E-state index contributed by atoms with van der Waals surface area (Å²) in [6.45, 7) is 4.68. The van der Waals surface area contributed by atoms with Gasteiger partial charge in [-0.05, 0) is 25.3 Å². The highest BCUT2D eigenvalue weighted by molar-refractivity contribution is 5.75. The van der Waals surface area contributed by atoms with Crippen molar-refractivity contribution in [2.24, 2.45) is 0 Å².